The lowest BCUT2D eigenvalue weighted by molar-refractivity contribution is -0.136. The Morgan fingerprint density at radius 3 is 2.18 bits per heavy atom. The third-order valence-corrected chi connectivity index (χ3v) is 6.59. The average Bonchev–Trinajstić information content (AvgIpc) is 3.15. The van der Waals surface area contributed by atoms with Gasteiger partial charge < -0.3 is 10.1 Å². The lowest BCUT2D eigenvalue weighted by Crippen LogP contribution is -2.34. The lowest BCUT2D eigenvalue weighted by atomic mass is 10.1. The minimum Gasteiger partial charge on any atom is -0.422 e. The fourth-order valence-corrected chi connectivity index (χ4v) is 4.21. The Morgan fingerprint density at radius 1 is 0.872 bits per heavy atom. The summed E-state index contributed by atoms with van der Waals surface area (Å²) in [6.07, 6.45) is 0. The number of carbonyl (C=O) groups is 3. The van der Waals surface area contributed by atoms with E-state index in [2.05, 4.69) is 31.8 Å². The molecule has 2 N–H and O–H groups in total. The molecule has 0 saturated carbocycles. The fraction of sp³-hybridized carbons (Fsp3) is 0.107. The molecule has 0 aliphatic rings. The highest BCUT2D eigenvalue weighted by atomic mass is 79.9. The molecule has 10 nitrogen and oxygen atoms in total. The zero-order valence-electron chi connectivity index (χ0n) is 21.3. The van der Waals surface area contributed by atoms with Crippen molar-refractivity contribution in [3.05, 3.63) is 111 Å². The molecule has 1 heterocycles. The van der Waals surface area contributed by atoms with Gasteiger partial charge in [-0.1, -0.05) is 42.5 Å². The first-order valence-electron chi connectivity index (χ1n) is 11.7. The fourth-order valence-electron chi connectivity index (χ4n) is 3.76. The Balaban J connectivity index is 1.48. The van der Waals surface area contributed by atoms with Crippen LogP contribution in [0.1, 0.15) is 28.5 Å². The van der Waals surface area contributed by atoms with Gasteiger partial charge in [0.25, 0.3) is 5.56 Å². The summed E-state index contributed by atoms with van der Waals surface area (Å²) in [6, 6.07) is 22.4. The van der Waals surface area contributed by atoms with Gasteiger partial charge in [0.1, 0.15) is 11.4 Å². The number of para-hydroxylation sites is 2. The van der Waals surface area contributed by atoms with Crippen molar-refractivity contribution in [2.45, 2.75) is 13.8 Å². The van der Waals surface area contributed by atoms with Crippen molar-refractivity contribution in [2.24, 2.45) is 12.1 Å². The molecule has 198 valence electrons. The number of aromatic nitrogens is 2. The van der Waals surface area contributed by atoms with E-state index in [1.54, 1.807) is 98.4 Å². The zero-order chi connectivity index (χ0) is 28.1. The van der Waals surface area contributed by atoms with Crippen LogP contribution in [-0.4, -0.2) is 32.9 Å². The number of carbonyl (C=O) groups excluding carboxylic acids is 3. The number of hydrazone groups is 1. The summed E-state index contributed by atoms with van der Waals surface area (Å²) in [5.74, 6) is -2.50. The molecule has 0 fully saturated rings. The Morgan fingerprint density at radius 2 is 1.49 bits per heavy atom. The zero-order valence-corrected chi connectivity index (χ0v) is 22.9. The van der Waals surface area contributed by atoms with E-state index in [-0.39, 0.29) is 17.1 Å². The molecule has 0 bridgehead atoms. The molecule has 0 radical (unpaired) electrons. The van der Waals surface area contributed by atoms with Crippen LogP contribution in [0.2, 0.25) is 0 Å². The third kappa shape index (κ3) is 5.88. The molecule has 0 atom stereocenters. The van der Waals surface area contributed by atoms with Gasteiger partial charge in [-0.25, -0.2) is 14.9 Å². The predicted octanol–water partition coefficient (Wildman–Crippen LogP) is 3.95. The molecule has 0 aliphatic carbocycles. The van der Waals surface area contributed by atoms with E-state index in [0.717, 1.165) is 0 Å². The molecule has 4 aromatic rings. The summed E-state index contributed by atoms with van der Waals surface area (Å²) >= 11 is 3.33. The quantitative estimate of drug-likeness (QED) is 0.116. The minimum absolute atomic E-state index is 0.0217. The first-order valence-corrected chi connectivity index (χ1v) is 12.5. The van der Waals surface area contributed by atoms with E-state index in [0.29, 0.717) is 27.0 Å². The SMILES string of the molecule is C/C(=N\NC(=O)C(=O)Nc1c(C)n(C)n(-c2ccccc2)c1=O)c1ccccc1OC(=O)c1ccccc1Br. The maximum absolute atomic E-state index is 13.0. The van der Waals surface area contributed by atoms with Crippen LogP contribution in [0.25, 0.3) is 5.69 Å². The van der Waals surface area contributed by atoms with Crippen molar-refractivity contribution in [3.8, 4) is 11.4 Å². The summed E-state index contributed by atoms with van der Waals surface area (Å²) in [4.78, 5) is 50.8. The van der Waals surface area contributed by atoms with Crippen molar-refractivity contribution in [1.82, 2.24) is 14.8 Å². The van der Waals surface area contributed by atoms with Crippen LogP contribution in [-0.2, 0) is 16.6 Å². The van der Waals surface area contributed by atoms with E-state index < -0.39 is 23.3 Å². The van der Waals surface area contributed by atoms with Gasteiger partial charge in [-0.2, -0.15) is 5.10 Å². The van der Waals surface area contributed by atoms with Crippen LogP contribution in [0.3, 0.4) is 0 Å². The van der Waals surface area contributed by atoms with Crippen molar-refractivity contribution in [3.63, 3.8) is 0 Å². The smallest absolute Gasteiger partial charge is 0.344 e. The average molecular weight is 590 g/mol. The number of rotatable bonds is 6. The number of halogens is 1. The molecule has 0 saturated heterocycles. The molecule has 3 aromatic carbocycles. The van der Waals surface area contributed by atoms with Gasteiger partial charge in [0.15, 0.2) is 0 Å². The predicted molar refractivity (Wildman–Crippen MR) is 150 cm³/mol. The van der Waals surface area contributed by atoms with E-state index in [1.165, 1.54) is 4.68 Å². The monoisotopic (exact) mass is 589 g/mol. The van der Waals surface area contributed by atoms with E-state index in [1.807, 2.05) is 6.07 Å². The van der Waals surface area contributed by atoms with E-state index >= 15 is 0 Å². The van der Waals surface area contributed by atoms with Gasteiger partial charge in [0.05, 0.1) is 22.7 Å². The normalized spacial score (nSPS) is 11.1. The first kappa shape index (κ1) is 27.3. The molecule has 0 aliphatic heterocycles. The highest BCUT2D eigenvalue weighted by Gasteiger charge is 2.22. The Hall–Kier alpha value is -4.77. The van der Waals surface area contributed by atoms with Crippen LogP contribution in [0.4, 0.5) is 5.69 Å². The van der Waals surface area contributed by atoms with E-state index in [9.17, 15) is 19.2 Å². The van der Waals surface area contributed by atoms with Crippen molar-refractivity contribution >= 4 is 45.1 Å². The number of hydrogen-bond acceptors (Lipinski definition) is 6. The van der Waals surface area contributed by atoms with Gasteiger partial charge in [0.2, 0.25) is 0 Å². The largest absolute Gasteiger partial charge is 0.422 e. The van der Waals surface area contributed by atoms with Gasteiger partial charge in [-0.05, 0) is 66.2 Å². The summed E-state index contributed by atoms with van der Waals surface area (Å²) in [7, 11) is 1.67. The van der Waals surface area contributed by atoms with Crippen LogP contribution in [0, 0.1) is 6.92 Å². The molecule has 4 rings (SSSR count). The number of nitrogens with zero attached hydrogens (tertiary/aromatic N) is 3. The van der Waals surface area contributed by atoms with Gasteiger partial charge in [-0.3, -0.25) is 19.1 Å². The van der Waals surface area contributed by atoms with Crippen molar-refractivity contribution < 1.29 is 19.1 Å². The highest BCUT2D eigenvalue weighted by Crippen LogP contribution is 2.23. The standard InChI is InChI=1S/C28H24BrN5O5/c1-17(20-13-8-10-16-23(20)39-28(38)21-14-7-9-15-22(21)29)31-32-26(36)25(35)30-24-18(2)33(3)34(27(24)37)19-11-5-4-6-12-19/h4-16H,1-3H3,(H,30,35)(H,32,36)/b31-17+. The van der Waals surface area contributed by atoms with Crippen molar-refractivity contribution in [1.29, 1.82) is 0 Å². The second-order valence-corrected chi connectivity index (χ2v) is 9.25. The number of ether oxygens (including phenoxy) is 1. The number of benzene rings is 3. The van der Waals surface area contributed by atoms with Crippen LogP contribution in [0.15, 0.2) is 93.2 Å². The molecule has 11 heteroatoms. The topological polar surface area (TPSA) is 124 Å². The third-order valence-electron chi connectivity index (χ3n) is 5.90. The number of hydrogen-bond donors (Lipinski definition) is 2. The van der Waals surface area contributed by atoms with Gasteiger partial charge in [-0.15, -0.1) is 0 Å². The summed E-state index contributed by atoms with van der Waals surface area (Å²) in [5.41, 5.74) is 3.82. The molecular weight excluding hydrogens is 566 g/mol. The maximum atomic E-state index is 13.0. The second kappa shape index (κ2) is 11.7. The summed E-state index contributed by atoms with van der Waals surface area (Å²) < 4.78 is 9.11. The van der Waals surface area contributed by atoms with Gasteiger partial charge in [0, 0.05) is 17.1 Å². The van der Waals surface area contributed by atoms with Crippen LogP contribution < -0.4 is 21.0 Å². The Labute approximate surface area is 232 Å². The van der Waals surface area contributed by atoms with Crippen LogP contribution in [0.5, 0.6) is 5.75 Å². The van der Waals surface area contributed by atoms with Crippen molar-refractivity contribution in [2.75, 3.05) is 5.32 Å². The van der Waals surface area contributed by atoms with Crippen LogP contribution >= 0.6 is 15.9 Å². The molecule has 0 spiro atoms. The van der Waals surface area contributed by atoms with Gasteiger partial charge >= 0.3 is 17.8 Å². The molecule has 2 amide bonds. The maximum Gasteiger partial charge on any atom is 0.344 e. The second-order valence-electron chi connectivity index (χ2n) is 8.39. The van der Waals surface area contributed by atoms with E-state index in [4.69, 9.17) is 4.74 Å². The summed E-state index contributed by atoms with van der Waals surface area (Å²) in [5, 5.41) is 6.38. The Bertz CT molecular complexity index is 1660. The minimum atomic E-state index is -1.08. The molecular formula is C28H24BrN5O5. The number of anilines is 1. The summed E-state index contributed by atoms with van der Waals surface area (Å²) in [6.45, 7) is 3.24. The molecule has 1 aromatic heterocycles. The number of nitrogens with one attached hydrogen (secondary N) is 2. The molecule has 0 unspecified atom stereocenters. The number of amides is 2. The number of esters is 1. The Kier molecular flexibility index (Phi) is 8.21. The first-order chi connectivity index (χ1) is 18.7. The highest BCUT2D eigenvalue weighted by molar-refractivity contribution is 9.10. The molecule has 39 heavy (non-hydrogen) atoms. The lowest BCUT2D eigenvalue weighted by Gasteiger charge is -2.11.